The van der Waals surface area contributed by atoms with Crippen molar-refractivity contribution >= 4 is 29.4 Å². The second-order valence-electron chi connectivity index (χ2n) is 8.84. The van der Waals surface area contributed by atoms with Gasteiger partial charge in [-0.05, 0) is 97.5 Å². The molecular weight excluding hydrogens is 513 g/mol. The zero-order chi connectivity index (χ0) is 28.4. The summed E-state index contributed by atoms with van der Waals surface area (Å²) in [6.07, 6.45) is -2.58. The first kappa shape index (κ1) is 29.1. The van der Waals surface area contributed by atoms with Crippen LogP contribution in [0.3, 0.4) is 0 Å². The van der Waals surface area contributed by atoms with Crippen LogP contribution >= 0.6 is 0 Å². The minimum Gasteiger partial charge on any atom is -0.494 e. The number of ether oxygens (including phenoxy) is 2. The molecule has 0 aliphatic heterocycles. The number of carboxylic acids is 1. The number of carbonyl (C=O) groups is 2. The Hall–Kier alpha value is -4.47. The molecule has 0 saturated heterocycles. The van der Waals surface area contributed by atoms with Crippen LogP contribution in [-0.2, 0) is 11.2 Å². The molecule has 5 N–H and O–H groups in total. The van der Waals surface area contributed by atoms with Crippen molar-refractivity contribution in [3.63, 3.8) is 0 Å². The molecule has 0 bridgehead atoms. The van der Waals surface area contributed by atoms with E-state index in [1.807, 2.05) is 0 Å². The van der Waals surface area contributed by atoms with Crippen molar-refractivity contribution in [2.45, 2.75) is 38.3 Å². The van der Waals surface area contributed by atoms with Gasteiger partial charge in [0.25, 0.3) is 0 Å². The summed E-state index contributed by atoms with van der Waals surface area (Å²) in [7, 11) is 0. The van der Waals surface area contributed by atoms with Crippen molar-refractivity contribution < 1.29 is 37.3 Å². The molecule has 206 valence electrons. The Kier molecular flexibility index (Phi) is 9.97. The Morgan fingerprint density at radius 3 is 2.21 bits per heavy atom. The molecule has 39 heavy (non-hydrogen) atoms. The Morgan fingerprint density at radius 2 is 1.56 bits per heavy atom. The van der Waals surface area contributed by atoms with Gasteiger partial charge in [0.1, 0.15) is 11.5 Å². The summed E-state index contributed by atoms with van der Waals surface area (Å²) in [4.78, 5) is 24.2. The van der Waals surface area contributed by atoms with Crippen LogP contribution < -0.4 is 20.9 Å². The fourth-order valence-electron chi connectivity index (χ4n) is 3.66. The number of carbonyl (C=O) groups excluding carboxylic acids is 1. The molecule has 3 aromatic carbocycles. The van der Waals surface area contributed by atoms with Crippen LogP contribution in [0.4, 0.5) is 24.5 Å². The number of benzene rings is 3. The van der Waals surface area contributed by atoms with Gasteiger partial charge in [0.05, 0.1) is 12.2 Å². The number of unbranched alkanes of at least 4 members (excludes halogenated alkanes) is 1. The Balaban J connectivity index is 1.53. The maximum atomic E-state index is 12.5. The van der Waals surface area contributed by atoms with Gasteiger partial charge >= 0.3 is 18.1 Å². The number of alkyl halides is 3. The monoisotopic (exact) mass is 542 g/mol. The highest BCUT2D eigenvalue weighted by molar-refractivity contribution is 5.92. The number of nitrogen functional groups attached to an aromatic ring is 2. The molecule has 0 aromatic heterocycles. The van der Waals surface area contributed by atoms with Crippen molar-refractivity contribution in [1.29, 1.82) is 0 Å². The molecule has 0 aliphatic rings. The van der Waals surface area contributed by atoms with Gasteiger partial charge < -0.3 is 26.0 Å². The standard InChI is InChI=1S/C29H29F3N2O5/c30-29(31,32)15-1-2-16-38-24-12-7-20(8-13-24)28(37)39-25-10-3-19(4-11-25)17-22(27(35)36)6-5-21-18-23(33)9-14-26(21)34/h3-4,7-14,17-18H,1-2,5-6,15-16,33-34H2,(H,35,36)/b22-17+. The zero-order valence-corrected chi connectivity index (χ0v) is 21.0. The summed E-state index contributed by atoms with van der Waals surface area (Å²) in [5, 5.41) is 9.61. The SMILES string of the molecule is Nc1ccc(N)c(CC/C(=C\c2ccc(OC(=O)c3ccc(OCCCCC(F)(F)F)cc3)cc2)C(=O)O)c1. The molecular formula is C29H29F3N2O5. The van der Waals surface area contributed by atoms with Crippen LogP contribution in [0.15, 0.2) is 72.3 Å². The Bertz CT molecular complexity index is 1300. The number of rotatable bonds is 12. The molecule has 10 heteroatoms. The fraction of sp³-hybridized carbons (Fsp3) is 0.241. The third kappa shape index (κ3) is 9.73. The average Bonchev–Trinajstić information content (AvgIpc) is 2.88. The van der Waals surface area contributed by atoms with E-state index < -0.39 is 24.5 Å². The van der Waals surface area contributed by atoms with E-state index in [1.54, 1.807) is 54.6 Å². The molecule has 0 amide bonds. The number of carboxylic acid groups (broad SMARTS) is 1. The summed E-state index contributed by atoms with van der Waals surface area (Å²) < 4.78 is 47.3. The lowest BCUT2D eigenvalue weighted by Crippen LogP contribution is -2.09. The van der Waals surface area contributed by atoms with Gasteiger partial charge in [-0.3, -0.25) is 0 Å². The van der Waals surface area contributed by atoms with Gasteiger partial charge in [-0.15, -0.1) is 0 Å². The molecule has 0 radical (unpaired) electrons. The largest absolute Gasteiger partial charge is 0.494 e. The smallest absolute Gasteiger partial charge is 0.389 e. The van der Waals surface area contributed by atoms with Gasteiger partial charge in [-0.2, -0.15) is 13.2 Å². The highest BCUT2D eigenvalue weighted by Crippen LogP contribution is 2.24. The van der Waals surface area contributed by atoms with Gasteiger partial charge in [0.15, 0.2) is 0 Å². The molecule has 7 nitrogen and oxygen atoms in total. The molecule has 0 fully saturated rings. The lowest BCUT2D eigenvalue weighted by atomic mass is 10.0. The van der Waals surface area contributed by atoms with Crippen molar-refractivity contribution in [3.05, 3.63) is 89.0 Å². The van der Waals surface area contributed by atoms with Crippen LogP contribution in [0.25, 0.3) is 6.08 Å². The highest BCUT2D eigenvalue weighted by atomic mass is 19.4. The van der Waals surface area contributed by atoms with E-state index in [1.165, 1.54) is 18.2 Å². The Labute approximate surface area is 223 Å². The van der Waals surface area contributed by atoms with Gasteiger partial charge in [0.2, 0.25) is 0 Å². The summed E-state index contributed by atoms with van der Waals surface area (Å²) in [6, 6.07) is 17.5. The third-order valence-electron chi connectivity index (χ3n) is 5.75. The molecule has 0 unspecified atom stereocenters. The lowest BCUT2D eigenvalue weighted by Gasteiger charge is -2.09. The number of hydrogen-bond acceptors (Lipinski definition) is 6. The van der Waals surface area contributed by atoms with Crippen LogP contribution in [0.2, 0.25) is 0 Å². The van der Waals surface area contributed by atoms with Gasteiger partial charge in [-0.1, -0.05) is 12.1 Å². The predicted molar refractivity (Wildman–Crippen MR) is 142 cm³/mol. The van der Waals surface area contributed by atoms with Gasteiger partial charge in [-0.25, -0.2) is 9.59 Å². The van der Waals surface area contributed by atoms with E-state index in [2.05, 4.69) is 0 Å². The number of anilines is 2. The van der Waals surface area contributed by atoms with E-state index in [-0.39, 0.29) is 42.8 Å². The van der Waals surface area contributed by atoms with Crippen LogP contribution in [0.5, 0.6) is 11.5 Å². The van der Waals surface area contributed by atoms with E-state index in [9.17, 15) is 27.9 Å². The van der Waals surface area contributed by atoms with Crippen LogP contribution in [-0.4, -0.2) is 29.8 Å². The summed E-state index contributed by atoms with van der Waals surface area (Å²) in [5.41, 5.74) is 14.7. The first-order valence-corrected chi connectivity index (χ1v) is 12.2. The molecule has 3 aromatic rings. The minimum absolute atomic E-state index is 0.0154. The maximum absolute atomic E-state index is 12.5. The van der Waals surface area contributed by atoms with Crippen molar-refractivity contribution in [1.82, 2.24) is 0 Å². The maximum Gasteiger partial charge on any atom is 0.389 e. The molecule has 0 atom stereocenters. The molecule has 3 rings (SSSR count). The normalized spacial score (nSPS) is 11.7. The minimum atomic E-state index is -4.17. The van der Waals surface area contributed by atoms with Crippen molar-refractivity contribution in [3.8, 4) is 11.5 Å². The summed E-state index contributed by atoms with van der Waals surface area (Å²) in [5.74, 6) is -0.961. The van der Waals surface area contributed by atoms with E-state index in [0.29, 0.717) is 29.1 Å². The third-order valence-corrected chi connectivity index (χ3v) is 5.75. The zero-order valence-electron chi connectivity index (χ0n) is 21.0. The number of aliphatic carboxylic acids is 1. The van der Waals surface area contributed by atoms with Gasteiger partial charge in [0, 0.05) is 23.4 Å². The first-order chi connectivity index (χ1) is 18.5. The van der Waals surface area contributed by atoms with E-state index >= 15 is 0 Å². The molecule has 0 aliphatic carbocycles. The number of halogens is 3. The highest BCUT2D eigenvalue weighted by Gasteiger charge is 2.25. The van der Waals surface area contributed by atoms with E-state index in [4.69, 9.17) is 20.9 Å². The molecule has 0 spiro atoms. The number of hydrogen-bond donors (Lipinski definition) is 3. The number of nitrogens with two attached hydrogens (primary N) is 2. The lowest BCUT2D eigenvalue weighted by molar-refractivity contribution is -0.136. The average molecular weight is 543 g/mol. The Morgan fingerprint density at radius 1 is 0.897 bits per heavy atom. The summed E-state index contributed by atoms with van der Waals surface area (Å²) >= 11 is 0. The molecule has 0 heterocycles. The van der Waals surface area contributed by atoms with E-state index in [0.717, 1.165) is 5.56 Å². The number of aryl methyl sites for hydroxylation is 1. The second-order valence-corrected chi connectivity index (χ2v) is 8.84. The van der Waals surface area contributed by atoms with Crippen molar-refractivity contribution in [2.75, 3.05) is 18.1 Å². The quantitative estimate of drug-likeness (QED) is 0.0808. The topological polar surface area (TPSA) is 125 Å². The number of esters is 1. The predicted octanol–water partition coefficient (Wildman–Crippen LogP) is 6.28. The van der Waals surface area contributed by atoms with Crippen LogP contribution in [0.1, 0.15) is 47.2 Å². The first-order valence-electron chi connectivity index (χ1n) is 12.2. The summed E-state index contributed by atoms with van der Waals surface area (Å²) in [6.45, 7) is 0.138. The second kappa shape index (κ2) is 13.4. The molecule has 0 saturated carbocycles. The fourth-order valence-corrected chi connectivity index (χ4v) is 3.66. The van der Waals surface area contributed by atoms with Crippen molar-refractivity contribution in [2.24, 2.45) is 0 Å². The van der Waals surface area contributed by atoms with Crippen LogP contribution in [0, 0.1) is 0 Å².